The molecule has 0 spiro atoms. The fraction of sp³-hybridized carbons (Fsp3) is 0.125. The van der Waals surface area contributed by atoms with Crippen LogP contribution < -0.4 is 0 Å². The van der Waals surface area contributed by atoms with Crippen molar-refractivity contribution in [3.8, 4) is 0 Å². The molecule has 0 fully saturated rings. The van der Waals surface area contributed by atoms with Gasteiger partial charge in [-0.25, -0.2) is 4.79 Å². The van der Waals surface area contributed by atoms with Gasteiger partial charge in [0.15, 0.2) is 0 Å². The zero-order chi connectivity index (χ0) is 7.56. The van der Waals surface area contributed by atoms with Crippen molar-refractivity contribution in [1.29, 1.82) is 0 Å². The molecule has 52 valence electrons. The predicted molar refractivity (Wildman–Crippen MR) is 38.1 cm³/mol. The van der Waals surface area contributed by atoms with E-state index >= 15 is 0 Å². The first-order chi connectivity index (χ1) is 4.72. The monoisotopic (exact) mass is 138 g/mol. The highest BCUT2D eigenvalue weighted by atomic mass is 16.5. The number of hydrogen-bond acceptors (Lipinski definition) is 1. The lowest BCUT2D eigenvalue weighted by Crippen LogP contribution is -1.97. The molecule has 0 atom stereocenters. The van der Waals surface area contributed by atoms with Gasteiger partial charge in [-0.15, -0.1) is 0 Å². The lowest BCUT2D eigenvalue weighted by atomic mass is 10.2. The highest BCUT2D eigenvalue weighted by Crippen LogP contribution is 2.05. The number of carboxylic acids is 1. The molecule has 0 aromatic heterocycles. The Hall–Kier alpha value is -1.31. The molecule has 0 aliphatic heterocycles. The standard InChI is InChI=1S/C8H8O2/c1-6-4-2-3-5-7(6)8(9)10/h2-5H,1H3,(H,9,10)/i1+1,8+1. The van der Waals surface area contributed by atoms with Crippen molar-refractivity contribution < 1.29 is 9.90 Å². The van der Waals surface area contributed by atoms with Crippen molar-refractivity contribution in [2.45, 2.75) is 6.92 Å². The summed E-state index contributed by atoms with van der Waals surface area (Å²) in [4.78, 5) is 10.4. The molecule has 0 saturated heterocycles. The summed E-state index contributed by atoms with van der Waals surface area (Å²) >= 11 is 0. The molecule has 0 amide bonds. The summed E-state index contributed by atoms with van der Waals surface area (Å²) in [5.74, 6) is -0.863. The van der Waals surface area contributed by atoms with Crippen molar-refractivity contribution in [3.05, 3.63) is 35.4 Å². The topological polar surface area (TPSA) is 37.3 Å². The number of benzene rings is 1. The van der Waals surface area contributed by atoms with E-state index in [0.29, 0.717) is 5.56 Å². The average molecular weight is 138 g/mol. The lowest BCUT2D eigenvalue weighted by Gasteiger charge is -1.96. The zero-order valence-corrected chi connectivity index (χ0v) is 5.66. The molecular formula is C8H8O2. The van der Waals surface area contributed by atoms with Crippen LogP contribution in [-0.2, 0) is 0 Å². The normalized spacial score (nSPS) is 9.30. The first-order valence-corrected chi connectivity index (χ1v) is 3.01. The van der Waals surface area contributed by atoms with Crippen LogP contribution in [0.3, 0.4) is 0 Å². The van der Waals surface area contributed by atoms with Gasteiger partial charge in [0.25, 0.3) is 0 Å². The molecule has 2 heteroatoms. The van der Waals surface area contributed by atoms with E-state index < -0.39 is 5.97 Å². The van der Waals surface area contributed by atoms with Gasteiger partial charge >= 0.3 is 5.97 Å². The second-order valence-corrected chi connectivity index (χ2v) is 2.12. The summed E-state index contributed by atoms with van der Waals surface area (Å²) in [5, 5.41) is 8.57. The van der Waals surface area contributed by atoms with Crippen molar-refractivity contribution in [2.75, 3.05) is 0 Å². The molecule has 10 heavy (non-hydrogen) atoms. The van der Waals surface area contributed by atoms with Crippen molar-refractivity contribution >= 4 is 5.97 Å². The Balaban J connectivity index is 3.15. The van der Waals surface area contributed by atoms with Gasteiger partial charge in [-0.05, 0) is 18.6 Å². The largest absolute Gasteiger partial charge is 0.478 e. The quantitative estimate of drug-likeness (QED) is 0.599. The fourth-order valence-corrected chi connectivity index (χ4v) is 0.813. The van der Waals surface area contributed by atoms with Gasteiger partial charge in [0.2, 0.25) is 0 Å². The Morgan fingerprint density at radius 1 is 1.40 bits per heavy atom. The van der Waals surface area contributed by atoms with E-state index in [0.717, 1.165) is 5.56 Å². The van der Waals surface area contributed by atoms with Crippen LogP contribution in [0, 0.1) is 6.92 Å². The van der Waals surface area contributed by atoms with Gasteiger partial charge in [0.1, 0.15) is 0 Å². The van der Waals surface area contributed by atoms with E-state index in [1.165, 1.54) is 0 Å². The van der Waals surface area contributed by atoms with Crippen LogP contribution in [0.2, 0.25) is 0 Å². The van der Waals surface area contributed by atoms with Crippen LogP contribution in [0.25, 0.3) is 0 Å². The summed E-state index contributed by atoms with van der Waals surface area (Å²) in [6.07, 6.45) is 0. The summed E-state index contributed by atoms with van der Waals surface area (Å²) in [7, 11) is 0. The molecule has 1 N–H and O–H groups in total. The highest BCUT2D eigenvalue weighted by molar-refractivity contribution is 5.89. The molecule has 0 unspecified atom stereocenters. The molecule has 2 nitrogen and oxygen atoms in total. The molecular weight excluding hydrogens is 130 g/mol. The first-order valence-electron chi connectivity index (χ1n) is 3.01. The second kappa shape index (κ2) is 2.52. The average Bonchev–Trinajstić information content (AvgIpc) is 1.88. The van der Waals surface area contributed by atoms with E-state index in [9.17, 15) is 4.79 Å². The molecule has 0 bridgehead atoms. The molecule has 0 radical (unpaired) electrons. The maximum atomic E-state index is 10.4. The number of aromatic carboxylic acids is 1. The highest BCUT2D eigenvalue weighted by Gasteiger charge is 2.02. The maximum absolute atomic E-state index is 10.4. The maximum Gasteiger partial charge on any atom is 0.335 e. The molecule has 0 aliphatic carbocycles. The Bertz CT molecular complexity index is 253. The predicted octanol–water partition coefficient (Wildman–Crippen LogP) is 1.69. The number of rotatable bonds is 1. The molecule has 1 aromatic rings. The summed E-state index contributed by atoms with van der Waals surface area (Å²) in [6.45, 7) is 1.78. The molecule has 0 heterocycles. The van der Waals surface area contributed by atoms with Crippen LogP contribution in [0.15, 0.2) is 24.3 Å². The van der Waals surface area contributed by atoms with E-state index in [2.05, 4.69) is 0 Å². The Labute approximate surface area is 59.1 Å². The minimum Gasteiger partial charge on any atom is -0.478 e. The number of carbonyl (C=O) groups is 1. The summed E-state index contributed by atoms with van der Waals surface area (Å²) < 4.78 is 0. The Morgan fingerprint density at radius 2 is 2.00 bits per heavy atom. The molecule has 0 aliphatic rings. The minimum absolute atomic E-state index is 0.377. The molecule has 1 rings (SSSR count). The van der Waals surface area contributed by atoms with Crippen molar-refractivity contribution in [2.24, 2.45) is 0 Å². The van der Waals surface area contributed by atoms with E-state index in [4.69, 9.17) is 5.11 Å². The number of aryl methyl sites for hydroxylation is 1. The number of carboxylic acid groups (broad SMARTS) is 1. The van der Waals surface area contributed by atoms with Crippen LogP contribution in [0.5, 0.6) is 0 Å². The van der Waals surface area contributed by atoms with Gasteiger partial charge in [-0.1, -0.05) is 18.2 Å². The Kier molecular flexibility index (Phi) is 1.71. The fourth-order valence-electron chi connectivity index (χ4n) is 0.813. The number of hydrogen-bond donors (Lipinski definition) is 1. The van der Waals surface area contributed by atoms with Crippen LogP contribution in [0.4, 0.5) is 0 Å². The van der Waals surface area contributed by atoms with Gasteiger partial charge in [-0.3, -0.25) is 0 Å². The third-order valence-electron chi connectivity index (χ3n) is 1.38. The third kappa shape index (κ3) is 1.16. The van der Waals surface area contributed by atoms with E-state index in [1.54, 1.807) is 25.1 Å². The van der Waals surface area contributed by atoms with Gasteiger partial charge < -0.3 is 5.11 Å². The summed E-state index contributed by atoms with van der Waals surface area (Å²) in [5.41, 5.74) is 1.18. The van der Waals surface area contributed by atoms with Gasteiger partial charge in [-0.2, -0.15) is 0 Å². The smallest absolute Gasteiger partial charge is 0.335 e. The zero-order valence-electron chi connectivity index (χ0n) is 5.66. The van der Waals surface area contributed by atoms with Crippen molar-refractivity contribution in [1.82, 2.24) is 0 Å². The molecule has 0 saturated carbocycles. The van der Waals surface area contributed by atoms with Crippen molar-refractivity contribution in [3.63, 3.8) is 0 Å². The van der Waals surface area contributed by atoms with Gasteiger partial charge in [0, 0.05) is 0 Å². The van der Waals surface area contributed by atoms with E-state index in [-0.39, 0.29) is 0 Å². The SMILES string of the molecule is [13CH3]c1ccccc1[13C](=O)O. The lowest BCUT2D eigenvalue weighted by molar-refractivity contribution is 0.0696. The third-order valence-corrected chi connectivity index (χ3v) is 1.38. The summed E-state index contributed by atoms with van der Waals surface area (Å²) in [6, 6.07) is 6.92. The van der Waals surface area contributed by atoms with Crippen LogP contribution >= 0.6 is 0 Å². The second-order valence-electron chi connectivity index (χ2n) is 2.12. The van der Waals surface area contributed by atoms with Gasteiger partial charge in [0.05, 0.1) is 5.56 Å². The molecule has 1 aromatic carbocycles. The van der Waals surface area contributed by atoms with E-state index in [1.807, 2.05) is 6.07 Å². The first kappa shape index (κ1) is 6.81. The minimum atomic E-state index is -0.863. The van der Waals surface area contributed by atoms with Crippen LogP contribution in [-0.4, -0.2) is 11.1 Å². The van der Waals surface area contributed by atoms with Crippen LogP contribution in [0.1, 0.15) is 15.9 Å². The Morgan fingerprint density at radius 3 is 2.40 bits per heavy atom.